The van der Waals surface area contributed by atoms with Crippen molar-refractivity contribution in [2.75, 3.05) is 11.5 Å². The van der Waals surface area contributed by atoms with Gasteiger partial charge in [0.25, 0.3) is 5.91 Å². The third kappa shape index (κ3) is 4.19. The van der Waals surface area contributed by atoms with Crippen molar-refractivity contribution in [1.29, 1.82) is 0 Å². The monoisotopic (exact) mass is 381 g/mol. The predicted molar refractivity (Wildman–Crippen MR) is 94.8 cm³/mol. The van der Waals surface area contributed by atoms with Gasteiger partial charge in [0.2, 0.25) is 0 Å². The molecule has 1 fully saturated rings. The molecule has 0 spiro atoms. The summed E-state index contributed by atoms with van der Waals surface area (Å²) in [5, 5.41) is 0.523. The van der Waals surface area contributed by atoms with Gasteiger partial charge in [-0.2, -0.15) is 0 Å². The third-order valence-corrected chi connectivity index (χ3v) is 6.24. The number of rotatable bonds is 4. The van der Waals surface area contributed by atoms with E-state index in [2.05, 4.69) is 0 Å². The highest BCUT2D eigenvalue weighted by Gasteiger charge is 2.35. The Labute approximate surface area is 151 Å². The molecule has 2 aromatic rings. The van der Waals surface area contributed by atoms with E-state index in [0.717, 1.165) is 5.56 Å². The smallest absolute Gasteiger partial charge is 0.257 e. The van der Waals surface area contributed by atoms with Gasteiger partial charge in [0.15, 0.2) is 9.84 Å². The van der Waals surface area contributed by atoms with Crippen molar-refractivity contribution < 1.29 is 17.6 Å². The maximum Gasteiger partial charge on any atom is 0.257 e. The summed E-state index contributed by atoms with van der Waals surface area (Å²) in [7, 11) is -3.18. The third-order valence-electron chi connectivity index (χ3n) is 4.26. The lowest BCUT2D eigenvalue weighted by Gasteiger charge is -2.28. The van der Waals surface area contributed by atoms with E-state index >= 15 is 0 Å². The highest BCUT2D eigenvalue weighted by Crippen LogP contribution is 2.24. The van der Waals surface area contributed by atoms with Gasteiger partial charge in [-0.1, -0.05) is 35.9 Å². The van der Waals surface area contributed by atoms with Gasteiger partial charge in [-0.15, -0.1) is 0 Å². The first kappa shape index (κ1) is 17.9. The van der Waals surface area contributed by atoms with Gasteiger partial charge >= 0.3 is 0 Å². The molecule has 0 saturated carbocycles. The molecule has 0 radical (unpaired) electrons. The summed E-state index contributed by atoms with van der Waals surface area (Å²) in [5.41, 5.74) is 0.704. The van der Waals surface area contributed by atoms with Crippen LogP contribution in [0.15, 0.2) is 48.5 Å². The summed E-state index contributed by atoms with van der Waals surface area (Å²) in [4.78, 5) is 14.4. The molecule has 1 amide bonds. The summed E-state index contributed by atoms with van der Waals surface area (Å²) in [6, 6.07) is 12.2. The Morgan fingerprint density at radius 1 is 1.20 bits per heavy atom. The Kier molecular flexibility index (Phi) is 5.11. The largest absolute Gasteiger partial charge is 0.330 e. The molecular weight excluding hydrogens is 365 g/mol. The van der Waals surface area contributed by atoms with Crippen LogP contribution in [0.1, 0.15) is 22.3 Å². The molecule has 0 bridgehead atoms. The minimum atomic E-state index is -3.18. The van der Waals surface area contributed by atoms with Crippen molar-refractivity contribution in [3.05, 3.63) is 70.5 Å². The number of amides is 1. The van der Waals surface area contributed by atoms with E-state index in [1.165, 1.54) is 23.1 Å². The van der Waals surface area contributed by atoms with Crippen molar-refractivity contribution in [3.63, 3.8) is 0 Å². The number of sulfone groups is 1. The van der Waals surface area contributed by atoms with Crippen LogP contribution in [0.3, 0.4) is 0 Å². The first-order valence-corrected chi connectivity index (χ1v) is 10.1. The minimum absolute atomic E-state index is 0.0360. The lowest BCUT2D eigenvalue weighted by atomic mass is 10.1. The molecule has 0 aliphatic carbocycles. The number of nitrogens with zero attached hydrogens (tertiary/aromatic N) is 1. The Morgan fingerprint density at radius 2 is 1.96 bits per heavy atom. The molecule has 7 heteroatoms. The zero-order chi connectivity index (χ0) is 18.0. The van der Waals surface area contributed by atoms with E-state index in [1.54, 1.807) is 30.3 Å². The van der Waals surface area contributed by atoms with Gasteiger partial charge in [0, 0.05) is 17.6 Å². The summed E-state index contributed by atoms with van der Waals surface area (Å²) < 4.78 is 37.7. The molecule has 25 heavy (non-hydrogen) atoms. The van der Waals surface area contributed by atoms with Gasteiger partial charge in [-0.25, -0.2) is 12.8 Å². The number of halogens is 2. The van der Waals surface area contributed by atoms with Crippen LogP contribution in [0.5, 0.6) is 0 Å². The normalized spacial score (nSPS) is 18.9. The average Bonchev–Trinajstić information content (AvgIpc) is 2.92. The Morgan fingerprint density at radius 3 is 2.60 bits per heavy atom. The van der Waals surface area contributed by atoms with E-state index in [4.69, 9.17) is 11.6 Å². The molecule has 3 rings (SSSR count). The summed E-state index contributed by atoms with van der Waals surface area (Å²) in [6.07, 6.45) is 0.350. The summed E-state index contributed by atoms with van der Waals surface area (Å²) >= 11 is 6.00. The first-order valence-electron chi connectivity index (χ1n) is 7.86. The summed E-state index contributed by atoms with van der Waals surface area (Å²) in [5.74, 6) is -1.20. The SMILES string of the molecule is O=C(c1ccccc1F)N(Cc1cccc(Cl)c1)[C@H]1CCS(=O)(=O)C1. The minimum Gasteiger partial charge on any atom is -0.330 e. The van der Waals surface area contributed by atoms with Crippen molar-refractivity contribution in [2.45, 2.75) is 19.0 Å². The molecule has 1 heterocycles. The van der Waals surface area contributed by atoms with Crippen molar-refractivity contribution in [1.82, 2.24) is 4.90 Å². The van der Waals surface area contributed by atoms with Crippen LogP contribution in [0.2, 0.25) is 5.02 Å². The van der Waals surface area contributed by atoms with Crippen LogP contribution in [0.25, 0.3) is 0 Å². The highest BCUT2D eigenvalue weighted by atomic mass is 35.5. The molecular formula is C18H17ClFNO3S. The molecule has 0 unspecified atom stereocenters. The number of hydrogen-bond acceptors (Lipinski definition) is 3. The lowest BCUT2D eigenvalue weighted by molar-refractivity contribution is 0.0676. The highest BCUT2D eigenvalue weighted by molar-refractivity contribution is 7.91. The van der Waals surface area contributed by atoms with Crippen molar-refractivity contribution >= 4 is 27.3 Å². The Bertz CT molecular complexity index is 901. The van der Waals surface area contributed by atoms with Gasteiger partial charge in [0.1, 0.15) is 5.82 Å². The molecule has 1 atom stereocenters. The second kappa shape index (κ2) is 7.14. The molecule has 0 N–H and O–H groups in total. The van der Waals surface area contributed by atoms with Crippen molar-refractivity contribution in [3.8, 4) is 0 Å². The number of benzene rings is 2. The molecule has 132 valence electrons. The fourth-order valence-corrected chi connectivity index (χ4v) is 4.95. The van der Waals surface area contributed by atoms with Gasteiger partial charge in [0.05, 0.1) is 17.1 Å². The molecule has 2 aromatic carbocycles. The second-order valence-electron chi connectivity index (χ2n) is 6.10. The van der Waals surface area contributed by atoms with Gasteiger partial charge < -0.3 is 4.90 Å². The molecule has 4 nitrogen and oxygen atoms in total. The van der Waals surface area contributed by atoms with Crippen LogP contribution < -0.4 is 0 Å². The number of carbonyl (C=O) groups excluding carboxylic acids is 1. The van der Waals surface area contributed by atoms with Gasteiger partial charge in [-0.05, 0) is 36.2 Å². The first-order chi connectivity index (χ1) is 11.9. The topological polar surface area (TPSA) is 54.5 Å². The standard InChI is InChI=1S/C18H17ClFNO3S/c19-14-5-3-4-13(10-14)11-21(15-8-9-25(23,24)12-15)18(22)16-6-1-2-7-17(16)20/h1-7,10,15H,8-9,11-12H2/t15-/m0/s1. The maximum absolute atomic E-state index is 14.1. The summed E-state index contributed by atoms with van der Waals surface area (Å²) in [6.45, 7) is 0.175. The van der Waals surface area contributed by atoms with Crippen LogP contribution in [-0.2, 0) is 16.4 Å². The van der Waals surface area contributed by atoms with Crippen LogP contribution in [-0.4, -0.2) is 36.8 Å². The fourth-order valence-electron chi connectivity index (χ4n) is 3.01. The zero-order valence-corrected chi connectivity index (χ0v) is 14.9. The fraction of sp³-hybridized carbons (Fsp3) is 0.278. The average molecular weight is 382 g/mol. The van der Waals surface area contributed by atoms with E-state index in [9.17, 15) is 17.6 Å². The molecule has 1 aliphatic rings. The van der Waals surface area contributed by atoms with E-state index in [-0.39, 0.29) is 23.6 Å². The van der Waals surface area contributed by atoms with Gasteiger partial charge in [-0.3, -0.25) is 4.79 Å². The molecule has 1 saturated heterocycles. The van der Waals surface area contributed by atoms with Crippen molar-refractivity contribution in [2.24, 2.45) is 0 Å². The zero-order valence-electron chi connectivity index (χ0n) is 13.4. The Hall–Kier alpha value is -1.92. The van der Waals surface area contributed by atoms with Crippen LogP contribution in [0, 0.1) is 5.82 Å². The van der Waals surface area contributed by atoms with E-state index in [0.29, 0.717) is 11.4 Å². The lowest BCUT2D eigenvalue weighted by Crippen LogP contribution is -2.41. The number of hydrogen-bond donors (Lipinski definition) is 0. The number of carbonyl (C=O) groups is 1. The van der Waals surface area contributed by atoms with E-state index < -0.39 is 27.6 Å². The quantitative estimate of drug-likeness (QED) is 0.816. The maximum atomic E-state index is 14.1. The van der Waals surface area contributed by atoms with Crippen LogP contribution in [0.4, 0.5) is 4.39 Å². The predicted octanol–water partition coefficient (Wildman–Crippen LogP) is 3.31. The molecule has 0 aromatic heterocycles. The second-order valence-corrected chi connectivity index (χ2v) is 8.76. The Balaban J connectivity index is 1.94. The van der Waals surface area contributed by atoms with E-state index in [1.807, 2.05) is 0 Å². The van der Waals surface area contributed by atoms with Crippen LogP contribution >= 0.6 is 11.6 Å². The molecule has 1 aliphatic heterocycles.